The fourth-order valence-electron chi connectivity index (χ4n) is 2.68. The maximum absolute atomic E-state index is 13.3. The molecule has 1 aromatic rings. The summed E-state index contributed by atoms with van der Waals surface area (Å²) >= 11 is 0. The molecule has 0 aromatic heterocycles. The van der Waals surface area contributed by atoms with Crippen molar-refractivity contribution in [2.45, 2.75) is 31.9 Å². The summed E-state index contributed by atoms with van der Waals surface area (Å²) in [7, 11) is 0. The maximum atomic E-state index is 13.3. The van der Waals surface area contributed by atoms with E-state index in [0.717, 1.165) is 6.07 Å². The number of alkyl halides is 3. The molecule has 1 fully saturated rings. The molecular formula is C14H16F4N2O. The van der Waals surface area contributed by atoms with Gasteiger partial charge in [0.25, 0.3) is 0 Å². The van der Waals surface area contributed by atoms with Gasteiger partial charge < -0.3 is 11.1 Å². The minimum atomic E-state index is -4.39. The first-order valence-corrected chi connectivity index (χ1v) is 6.71. The lowest BCUT2D eigenvalue weighted by atomic mass is 9.78. The van der Waals surface area contributed by atoms with Crippen molar-refractivity contribution >= 4 is 17.3 Å². The van der Waals surface area contributed by atoms with Crippen molar-refractivity contribution in [1.29, 1.82) is 0 Å². The van der Waals surface area contributed by atoms with E-state index in [2.05, 4.69) is 5.32 Å². The van der Waals surface area contributed by atoms with Crippen LogP contribution in [0.15, 0.2) is 18.2 Å². The van der Waals surface area contributed by atoms with E-state index >= 15 is 0 Å². The molecule has 0 saturated heterocycles. The van der Waals surface area contributed by atoms with E-state index < -0.39 is 29.7 Å². The number of carbonyl (C=O) groups is 1. The first-order valence-electron chi connectivity index (χ1n) is 6.71. The Hall–Kier alpha value is -1.79. The largest absolute Gasteiger partial charge is 0.396 e. The van der Waals surface area contributed by atoms with Crippen LogP contribution < -0.4 is 11.1 Å². The van der Waals surface area contributed by atoms with Gasteiger partial charge in [0.2, 0.25) is 5.91 Å². The molecule has 2 atom stereocenters. The van der Waals surface area contributed by atoms with Crippen LogP contribution in [0.2, 0.25) is 0 Å². The summed E-state index contributed by atoms with van der Waals surface area (Å²) in [5.41, 5.74) is 5.33. The number of benzene rings is 1. The zero-order valence-electron chi connectivity index (χ0n) is 11.2. The highest BCUT2D eigenvalue weighted by Gasteiger charge is 2.48. The monoisotopic (exact) mass is 304 g/mol. The Morgan fingerprint density at radius 3 is 2.52 bits per heavy atom. The lowest BCUT2D eigenvalue weighted by Crippen LogP contribution is -2.39. The van der Waals surface area contributed by atoms with Crippen LogP contribution in [0.4, 0.5) is 28.9 Å². The first kappa shape index (κ1) is 15.6. The summed E-state index contributed by atoms with van der Waals surface area (Å²) in [5.74, 6) is -4.20. The first-order chi connectivity index (χ1) is 9.79. The molecule has 0 radical (unpaired) electrons. The fourth-order valence-corrected chi connectivity index (χ4v) is 2.68. The van der Waals surface area contributed by atoms with Crippen LogP contribution in [0.5, 0.6) is 0 Å². The molecule has 1 aliphatic carbocycles. The van der Waals surface area contributed by atoms with Gasteiger partial charge in [-0.3, -0.25) is 4.79 Å². The molecule has 1 aromatic carbocycles. The van der Waals surface area contributed by atoms with Crippen LogP contribution >= 0.6 is 0 Å². The topological polar surface area (TPSA) is 55.1 Å². The number of hydrogen-bond donors (Lipinski definition) is 2. The van der Waals surface area contributed by atoms with Crippen LogP contribution in [-0.2, 0) is 4.79 Å². The Morgan fingerprint density at radius 2 is 1.90 bits per heavy atom. The average Bonchev–Trinajstić information content (AvgIpc) is 2.42. The zero-order valence-corrected chi connectivity index (χ0v) is 11.2. The summed E-state index contributed by atoms with van der Waals surface area (Å²) in [4.78, 5) is 12.1. The van der Waals surface area contributed by atoms with Gasteiger partial charge >= 0.3 is 6.18 Å². The van der Waals surface area contributed by atoms with Crippen molar-refractivity contribution < 1.29 is 22.4 Å². The summed E-state index contributed by atoms with van der Waals surface area (Å²) < 4.78 is 52.1. The van der Waals surface area contributed by atoms with Crippen molar-refractivity contribution in [2.75, 3.05) is 11.1 Å². The van der Waals surface area contributed by atoms with Crippen LogP contribution in [0.1, 0.15) is 25.7 Å². The minimum absolute atomic E-state index is 0.0440. The number of carbonyl (C=O) groups excluding carboxylic acids is 1. The van der Waals surface area contributed by atoms with E-state index in [-0.39, 0.29) is 24.2 Å². The Bertz CT molecular complexity index is 530. The van der Waals surface area contributed by atoms with Crippen molar-refractivity contribution in [3.8, 4) is 0 Å². The molecule has 7 heteroatoms. The van der Waals surface area contributed by atoms with E-state index in [1.165, 1.54) is 12.1 Å². The van der Waals surface area contributed by atoms with Gasteiger partial charge in [0, 0.05) is 11.6 Å². The number of nitrogens with one attached hydrogen (secondary N) is 1. The summed E-state index contributed by atoms with van der Waals surface area (Å²) in [5, 5.41) is 2.35. The van der Waals surface area contributed by atoms with Gasteiger partial charge in [-0.15, -0.1) is 0 Å². The highest BCUT2D eigenvalue weighted by molar-refractivity contribution is 5.93. The third-order valence-corrected chi connectivity index (χ3v) is 3.79. The molecule has 0 heterocycles. The lowest BCUT2D eigenvalue weighted by molar-refractivity contribution is -0.197. The van der Waals surface area contributed by atoms with E-state index in [9.17, 15) is 22.4 Å². The SMILES string of the molecule is Nc1ccc(NC(=O)C2CCCCC2C(F)(F)F)cc1F. The summed E-state index contributed by atoms with van der Waals surface area (Å²) in [6.07, 6.45) is -3.20. The second-order valence-electron chi connectivity index (χ2n) is 5.26. The molecule has 0 spiro atoms. The van der Waals surface area contributed by atoms with Gasteiger partial charge in [0.05, 0.1) is 11.6 Å². The molecule has 21 heavy (non-hydrogen) atoms. The lowest BCUT2D eigenvalue weighted by Gasteiger charge is -2.32. The second-order valence-corrected chi connectivity index (χ2v) is 5.26. The van der Waals surface area contributed by atoms with Crippen molar-refractivity contribution in [3.05, 3.63) is 24.0 Å². The number of nitrogen functional groups attached to an aromatic ring is 1. The Labute approximate surface area is 119 Å². The molecule has 1 amide bonds. The molecule has 2 rings (SSSR count). The number of halogens is 4. The average molecular weight is 304 g/mol. The van der Waals surface area contributed by atoms with Crippen LogP contribution in [0.25, 0.3) is 0 Å². The Kier molecular flexibility index (Phi) is 4.39. The normalized spacial score (nSPS) is 22.9. The van der Waals surface area contributed by atoms with Gasteiger partial charge in [0.1, 0.15) is 5.82 Å². The fraction of sp³-hybridized carbons (Fsp3) is 0.500. The minimum Gasteiger partial charge on any atom is -0.396 e. The number of rotatable bonds is 2. The Balaban J connectivity index is 2.12. The third-order valence-electron chi connectivity index (χ3n) is 3.79. The highest BCUT2D eigenvalue weighted by Crippen LogP contribution is 2.41. The molecule has 3 N–H and O–H groups in total. The van der Waals surface area contributed by atoms with Crippen LogP contribution in [0, 0.1) is 17.7 Å². The number of amides is 1. The Morgan fingerprint density at radius 1 is 1.24 bits per heavy atom. The molecule has 3 nitrogen and oxygen atoms in total. The standard InChI is InChI=1S/C14H16F4N2O/c15-11-7-8(5-6-12(11)19)20-13(21)9-3-1-2-4-10(9)14(16,17)18/h5-7,9-10H,1-4,19H2,(H,20,21). The molecule has 116 valence electrons. The van der Waals surface area contributed by atoms with Crippen molar-refractivity contribution in [1.82, 2.24) is 0 Å². The molecule has 1 aliphatic rings. The van der Waals surface area contributed by atoms with Gasteiger partial charge in [0.15, 0.2) is 0 Å². The molecule has 0 bridgehead atoms. The zero-order chi connectivity index (χ0) is 15.6. The van der Waals surface area contributed by atoms with E-state index in [1.54, 1.807) is 0 Å². The number of hydrogen-bond acceptors (Lipinski definition) is 2. The van der Waals surface area contributed by atoms with E-state index in [0.29, 0.717) is 12.8 Å². The van der Waals surface area contributed by atoms with Gasteiger partial charge in [-0.2, -0.15) is 13.2 Å². The molecule has 1 saturated carbocycles. The van der Waals surface area contributed by atoms with Crippen LogP contribution in [-0.4, -0.2) is 12.1 Å². The van der Waals surface area contributed by atoms with Gasteiger partial charge in [-0.1, -0.05) is 12.8 Å². The molecule has 0 aliphatic heterocycles. The van der Waals surface area contributed by atoms with E-state index in [1.807, 2.05) is 0 Å². The van der Waals surface area contributed by atoms with Crippen molar-refractivity contribution in [2.24, 2.45) is 11.8 Å². The van der Waals surface area contributed by atoms with Crippen molar-refractivity contribution in [3.63, 3.8) is 0 Å². The van der Waals surface area contributed by atoms with E-state index in [4.69, 9.17) is 5.73 Å². The smallest absolute Gasteiger partial charge is 0.392 e. The molecular weight excluding hydrogens is 288 g/mol. The highest BCUT2D eigenvalue weighted by atomic mass is 19.4. The van der Waals surface area contributed by atoms with Crippen LogP contribution in [0.3, 0.4) is 0 Å². The number of anilines is 2. The second kappa shape index (κ2) is 5.91. The maximum Gasteiger partial charge on any atom is 0.392 e. The molecule has 2 unspecified atom stereocenters. The van der Waals surface area contributed by atoms with Gasteiger partial charge in [-0.25, -0.2) is 4.39 Å². The predicted molar refractivity (Wildman–Crippen MR) is 70.9 cm³/mol. The predicted octanol–water partition coefficient (Wildman–Crippen LogP) is 3.72. The van der Waals surface area contributed by atoms with Gasteiger partial charge in [-0.05, 0) is 31.0 Å². The number of nitrogens with two attached hydrogens (primary N) is 1. The summed E-state index contributed by atoms with van der Waals surface area (Å²) in [6.45, 7) is 0. The third kappa shape index (κ3) is 3.65. The quantitative estimate of drug-likeness (QED) is 0.646. The summed E-state index contributed by atoms with van der Waals surface area (Å²) in [6, 6.07) is 3.62.